The zero-order valence-corrected chi connectivity index (χ0v) is 17.0. The van der Waals surface area contributed by atoms with Crippen LogP contribution in [-0.4, -0.2) is 22.4 Å². The lowest BCUT2D eigenvalue weighted by atomic mass is 9.87. The highest BCUT2D eigenvalue weighted by molar-refractivity contribution is 5.86. The van der Waals surface area contributed by atoms with Gasteiger partial charge < -0.3 is 10.3 Å². The summed E-state index contributed by atoms with van der Waals surface area (Å²) in [5, 5.41) is 15.3. The van der Waals surface area contributed by atoms with Crippen molar-refractivity contribution in [3.8, 4) is 0 Å². The molecule has 0 fully saturated rings. The van der Waals surface area contributed by atoms with Crippen LogP contribution in [0.4, 0.5) is 5.69 Å². The molecule has 0 aliphatic heterocycles. The molecule has 0 aliphatic rings. The normalized spacial score (nSPS) is 11.9. The number of nitro groups is 1. The molecular formula is C25H23N3O3. The Morgan fingerprint density at radius 3 is 2.58 bits per heavy atom. The maximum Gasteiger partial charge on any atom is 0.269 e. The first-order valence-electron chi connectivity index (χ1n) is 10.2. The minimum absolute atomic E-state index is 0.0202. The Morgan fingerprint density at radius 2 is 1.77 bits per heavy atom. The molecule has 156 valence electrons. The van der Waals surface area contributed by atoms with Crippen LogP contribution in [0.15, 0.2) is 85.1 Å². The predicted molar refractivity (Wildman–Crippen MR) is 121 cm³/mol. The molecule has 6 heteroatoms. The van der Waals surface area contributed by atoms with Crippen molar-refractivity contribution in [3.63, 3.8) is 0 Å². The molecule has 0 saturated carbocycles. The van der Waals surface area contributed by atoms with Crippen LogP contribution in [0.2, 0.25) is 0 Å². The number of nitrogens with zero attached hydrogens (tertiary/aromatic N) is 1. The number of carbonyl (C=O) groups excluding carboxylic acids is 1. The van der Waals surface area contributed by atoms with E-state index in [2.05, 4.69) is 10.3 Å². The fourth-order valence-corrected chi connectivity index (χ4v) is 3.89. The number of carbonyl (C=O) groups is 1. The van der Waals surface area contributed by atoms with Crippen molar-refractivity contribution in [2.75, 3.05) is 6.54 Å². The molecule has 0 spiro atoms. The summed E-state index contributed by atoms with van der Waals surface area (Å²) in [6, 6.07) is 24.4. The number of amides is 1. The van der Waals surface area contributed by atoms with Crippen LogP contribution in [0.25, 0.3) is 10.9 Å². The number of hydrogen-bond acceptors (Lipinski definition) is 3. The van der Waals surface area contributed by atoms with Gasteiger partial charge >= 0.3 is 0 Å². The van der Waals surface area contributed by atoms with Crippen molar-refractivity contribution in [3.05, 3.63) is 112 Å². The lowest BCUT2D eigenvalue weighted by Gasteiger charge is -2.17. The van der Waals surface area contributed by atoms with Gasteiger partial charge in [0.05, 0.1) is 4.92 Å². The second kappa shape index (κ2) is 9.26. The van der Waals surface area contributed by atoms with E-state index in [1.807, 2.05) is 66.9 Å². The van der Waals surface area contributed by atoms with Crippen LogP contribution in [0, 0.1) is 10.1 Å². The second-order valence-corrected chi connectivity index (χ2v) is 7.48. The fourth-order valence-electron chi connectivity index (χ4n) is 3.89. The van der Waals surface area contributed by atoms with Crippen LogP contribution < -0.4 is 5.32 Å². The zero-order valence-electron chi connectivity index (χ0n) is 17.0. The van der Waals surface area contributed by atoms with E-state index in [1.165, 1.54) is 6.07 Å². The number of nitro benzene ring substituents is 1. The van der Waals surface area contributed by atoms with Crippen LogP contribution in [0.1, 0.15) is 29.0 Å². The van der Waals surface area contributed by atoms with Crippen molar-refractivity contribution in [1.82, 2.24) is 10.3 Å². The maximum absolute atomic E-state index is 12.8. The monoisotopic (exact) mass is 413 g/mol. The quantitative estimate of drug-likeness (QED) is 0.316. The van der Waals surface area contributed by atoms with Gasteiger partial charge in [0.15, 0.2) is 0 Å². The summed E-state index contributed by atoms with van der Waals surface area (Å²) in [6.07, 6.45) is 2.85. The van der Waals surface area contributed by atoms with Crippen molar-refractivity contribution in [1.29, 1.82) is 0 Å². The van der Waals surface area contributed by atoms with Crippen molar-refractivity contribution in [2.24, 2.45) is 0 Å². The van der Waals surface area contributed by atoms with Crippen molar-refractivity contribution in [2.45, 2.75) is 18.8 Å². The highest BCUT2D eigenvalue weighted by atomic mass is 16.6. The van der Waals surface area contributed by atoms with Gasteiger partial charge in [-0.25, -0.2) is 0 Å². The van der Waals surface area contributed by atoms with E-state index in [0.29, 0.717) is 6.54 Å². The Hall–Kier alpha value is -3.93. The largest absolute Gasteiger partial charge is 0.361 e. The number of non-ortho nitro benzene ring substituents is 1. The van der Waals surface area contributed by atoms with Gasteiger partial charge in [-0.2, -0.15) is 0 Å². The SMILES string of the molecule is O=C(C[C@@H](c1cccc([N+](=O)[O-])c1)c1c[nH]c2ccccc12)NCCc1ccccc1. The Bertz CT molecular complexity index is 1200. The summed E-state index contributed by atoms with van der Waals surface area (Å²) in [5.74, 6) is -0.384. The molecule has 2 N–H and O–H groups in total. The van der Waals surface area contributed by atoms with Crippen LogP contribution in [0.5, 0.6) is 0 Å². The van der Waals surface area contributed by atoms with Gasteiger partial charge in [0.1, 0.15) is 0 Å². The van der Waals surface area contributed by atoms with E-state index >= 15 is 0 Å². The van der Waals surface area contributed by atoms with E-state index in [9.17, 15) is 14.9 Å². The van der Waals surface area contributed by atoms with E-state index < -0.39 is 4.92 Å². The highest BCUT2D eigenvalue weighted by Gasteiger charge is 2.23. The van der Waals surface area contributed by atoms with E-state index in [-0.39, 0.29) is 23.9 Å². The smallest absolute Gasteiger partial charge is 0.269 e. The third-order valence-electron chi connectivity index (χ3n) is 5.45. The lowest BCUT2D eigenvalue weighted by molar-refractivity contribution is -0.384. The van der Waals surface area contributed by atoms with Gasteiger partial charge in [-0.05, 0) is 29.2 Å². The lowest BCUT2D eigenvalue weighted by Crippen LogP contribution is -2.27. The predicted octanol–water partition coefficient (Wildman–Crippen LogP) is 4.96. The summed E-state index contributed by atoms with van der Waals surface area (Å²) >= 11 is 0. The molecule has 1 aromatic heterocycles. The van der Waals surface area contributed by atoms with Gasteiger partial charge in [-0.3, -0.25) is 14.9 Å². The number of rotatable bonds is 8. The summed E-state index contributed by atoms with van der Waals surface area (Å²) in [6.45, 7) is 0.540. The third kappa shape index (κ3) is 4.80. The number of nitrogens with one attached hydrogen (secondary N) is 2. The van der Waals surface area contributed by atoms with Crippen LogP contribution in [0.3, 0.4) is 0 Å². The minimum Gasteiger partial charge on any atom is -0.361 e. The molecule has 0 saturated heterocycles. The summed E-state index contributed by atoms with van der Waals surface area (Å²) in [7, 11) is 0. The second-order valence-electron chi connectivity index (χ2n) is 7.48. The molecule has 0 radical (unpaired) electrons. The van der Waals surface area contributed by atoms with Gasteiger partial charge in [0.25, 0.3) is 5.69 Å². The van der Waals surface area contributed by atoms with Crippen LogP contribution in [-0.2, 0) is 11.2 Å². The molecule has 0 unspecified atom stereocenters. The highest BCUT2D eigenvalue weighted by Crippen LogP contribution is 2.34. The average Bonchev–Trinajstić information content (AvgIpc) is 3.22. The molecule has 0 aliphatic carbocycles. The molecule has 3 aromatic carbocycles. The first kappa shape index (κ1) is 20.3. The molecule has 4 rings (SSSR count). The van der Waals surface area contributed by atoms with E-state index in [0.717, 1.165) is 34.0 Å². The number of aromatic nitrogens is 1. The number of H-pyrrole nitrogens is 1. The third-order valence-corrected chi connectivity index (χ3v) is 5.45. The Kier molecular flexibility index (Phi) is 6.08. The Morgan fingerprint density at radius 1 is 1.00 bits per heavy atom. The van der Waals surface area contributed by atoms with Gasteiger partial charge in [-0.15, -0.1) is 0 Å². The van der Waals surface area contributed by atoms with Gasteiger partial charge in [0.2, 0.25) is 5.91 Å². The molecule has 6 nitrogen and oxygen atoms in total. The number of aromatic amines is 1. The summed E-state index contributed by atoms with van der Waals surface area (Å²) < 4.78 is 0. The summed E-state index contributed by atoms with van der Waals surface area (Å²) in [5.41, 5.74) is 3.85. The first-order valence-corrected chi connectivity index (χ1v) is 10.2. The average molecular weight is 413 g/mol. The first-order chi connectivity index (χ1) is 15.1. The van der Waals surface area contributed by atoms with Crippen LogP contribution >= 0.6 is 0 Å². The molecule has 1 heterocycles. The van der Waals surface area contributed by atoms with Crippen molar-refractivity contribution >= 4 is 22.5 Å². The molecule has 4 aromatic rings. The fraction of sp³-hybridized carbons (Fsp3) is 0.160. The number of benzene rings is 3. The number of fused-ring (bicyclic) bond motifs is 1. The van der Waals surface area contributed by atoms with Gasteiger partial charge in [-0.1, -0.05) is 60.7 Å². The Labute approximate surface area is 180 Å². The topological polar surface area (TPSA) is 88.0 Å². The number of hydrogen-bond donors (Lipinski definition) is 2. The Balaban J connectivity index is 1.57. The standard InChI is InChI=1S/C25H23N3O3/c29-25(26-14-13-18-7-2-1-3-8-18)16-22(19-9-6-10-20(15-19)28(30)31)23-17-27-24-12-5-4-11-21(23)24/h1-12,15,17,22,27H,13-14,16H2,(H,26,29)/t22-/m0/s1. The zero-order chi connectivity index (χ0) is 21.6. The van der Waals surface area contributed by atoms with Gasteiger partial charge in [0, 0.05) is 48.1 Å². The maximum atomic E-state index is 12.8. The molecular weight excluding hydrogens is 390 g/mol. The van der Waals surface area contributed by atoms with E-state index in [4.69, 9.17) is 0 Å². The van der Waals surface area contributed by atoms with E-state index in [1.54, 1.807) is 12.1 Å². The molecule has 31 heavy (non-hydrogen) atoms. The molecule has 1 atom stereocenters. The van der Waals surface area contributed by atoms with Crippen molar-refractivity contribution < 1.29 is 9.72 Å². The summed E-state index contributed by atoms with van der Waals surface area (Å²) in [4.78, 5) is 26.9. The minimum atomic E-state index is -0.407. The molecule has 0 bridgehead atoms. The molecule has 1 amide bonds. The number of para-hydroxylation sites is 1.